The van der Waals surface area contributed by atoms with Gasteiger partial charge in [-0.25, -0.2) is 13.8 Å². The topological polar surface area (TPSA) is 143 Å². The van der Waals surface area contributed by atoms with Crippen molar-refractivity contribution in [3.8, 4) is 17.5 Å². The Morgan fingerprint density at radius 3 is 2.72 bits per heavy atom. The summed E-state index contributed by atoms with van der Waals surface area (Å²) in [4.78, 5) is 32.5. The minimum Gasteiger partial charge on any atom is -0.477 e. The van der Waals surface area contributed by atoms with E-state index in [1.165, 1.54) is 52.0 Å². The molecule has 0 spiro atoms. The molecule has 14 heteroatoms. The van der Waals surface area contributed by atoms with E-state index < -0.39 is 16.6 Å². The number of carbonyl (C=O) groups is 1. The van der Waals surface area contributed by atoms with Crippen molar-refractivity contribution in [3.05, 3.63) is 75.7 Å². The van der Waals surface area contributed by atoms with Crippen LogP contribution in [0.25, 0.3) is 22.7 Å². The van der Waals surface area contributed by atoms with E-state index in [9.17, 15) is 19.3 Å². The average Bonchev–Trinajstić information content (AvgIpc) is 3.63. The minimum atomic E-state index is -0.582. The molecule has 4 heterocycles. The quantitative estimate of drug-likeness (QED) is 0.243. The highest BCUT2D eigenvalue weighted by Crippen LogP contribution is 2.28. The molecular weight excluding hydrogens is 491 g/mol. The first-order valence-corrected chi connectivity index (χ1v) is 11.5. The Morgan fingerprint density at radius 1 is 1.19 bits per heavy atom. The van der Waals surface area contributed by atoms with Crippen LogP contribution < -0.4 is 10.1 Å². The van der Waals surface area contributed by atoms with Crippen LogP contribution in [0.1, 0.15) is 23.0 Å². The van der Waals surface area contributed by atoms with Crippen molar-refractivity contribution in [2.45, 2.75) is 13.3 Å². The zero-order chi connectivity index (χ0) is 25.2. The summed E-state index contributed by atoms with van der Waals surface area (Å²) in [6.45, 7) is 2.46. The number of carbonyl (C=O) groups excluding carboxylic acids is 1. The van der Waals surface area contributed by atoms with Crippen molar-refractivity contribution in [1.82, 2.24) is 29.5 Å². The van der Waals surface area contributed by atoms with Gasteiger partial charge in [0.15, 0.2) is 5.65 Å². The molecule has 4 aromatic heterocycles. The first-order chi connectivity index (χ1) is 17.4. The number of hydrogen-bond acceptors (Lipinski definition) is 9. The number of anilines is 1. The molecule has 5 rings (SSSR count). The molecule has 0 saturated heterocycles. The largest absolute Gasteiger partial charge is 0.477 e. The first kappa shape index (κ1) is 23.0. The fraction of sp³-hybridized carbons (Fsp3) is 0.136. The van der Waals surface area contributed by atoms with E-state index in [0.29, 0.717) is 29.2 Å². The molecule has 0 bridgehead atoms. The van der Waals surface area contributed by atoms with E-state index in [0.717, 1.165) is 17.8 Å². The maximum absolute atomic E-state index is 13.5. The Balaban J connectivity index is 1.59. The molecule has 0 atom stereocenters. The third kappa shape index (κ3) is 4.48. The van der Waals surface area contributed by atoms with Gasteiger partial charge in [-0.05, 0) is 36.8 Å². The lowest BCUT2D eigenvalue weighted by Gasteiger charge is -2.09. The van der Waals surface area contributed by atoms with Crippen LogP contribution in [0.4, 0.5) is 15.2 Å². The first-order valence-electron chi connectivity index (χ1n) is 10.7. The minimum absolute atomic E-state index is 0.116. The van der Waals surface area contributed by atoms with Crippen LogP contribution >= 0.6 is 11.3 Å². The van der Waals surface area contributed by atoms with Gasteiger partial charge in [0, 0.05) is 18.3 Å². The summed E-state index contributed by atoms with van der Waals surface area (Å²) in [6.07, 6.45) is 3.88. The Hall–Kier alpha value is -4.72. The molecule has 0 aliphatic carbocycles. The molecule has 0 radical (unpaired) electrons. The highest BCUT2D eigenvalue weighted by atomic mass is 32.1. The number of thiophene rings is 1. The molecule has 182 valence electrons. The predicted octanol–water partition coefficient (Wildman–Crippen LogP) is 4.15. The number of nitrogens with one attached hydrogen (secondary N) is 1. The SMILES string of the molecule is CCCOc1ccn(-c2nc(NC(=O)c3ccc([N+](=O)[O-])s3)c3cnn(-c4ccc(F)cc4)c3n2)n1. The van der Waals surface area contributed by atoms with E-state index in [2.05, 4.69) is 25.5 Å². The Bertz CT molecular complexity index is 1580. The maximum Gasteiger partial charge on any atom is 0.324 e. The van der Waals surface area contributed by atoms with Crippen molar-refractivity contribution in [1.29, 1.82) is 0 Å². The van der Waals surface area contributed by atoms with Crippen molar-refractivity contribution in [2.75, 3.05) is 11.9 Å². The molecule has 0 aliphatic rings. The number of aromatic nitrogens is 6. The normalized spacial score (nSPS) is 11.1. The van der Waals surface area contributed by atoms with E-state index in [1.807, 2.05) is 6.92 Å². The van der Waals surface area contributed by atoms with E-state index >= 15 is 0 Å². The van der Waals surface area contributed by atoms with Crippen LogP contribution in [-0.2, 0) is 0 Å². The van der Waals surface area contributed by atoms with Gasteiger partial charge in [-0.3, -0.25) is 14.9 Å². The molecule has 0 unspecified atom stereocenters. The Labute approximate surface area is 206 Å². The van der Waals surface area contributed by atoms with Crippen LogP contribution in [-0.4, -0.2) is 47.0 Å². The number of amides is 1. The molecule has 1 aromatic carbocycles. The lowest BCUT2D eigenvalue weighted by molar-refractivity contribution is -0.380. The Morgan fingerprint density at radius 2 is 2.00 bits per heavy atom. The van der Waals surface area contributed by atoms with Crippen LogP contribution in [0.15, 0.2) is 54.9 Å². The fourth-order valence-corrected chi connectivity index (χ4v) is 4.00. The summed E-state index contributed by atoms with van der Waals surface area (Å²) in [5.74, 6) is -0.370. The van der Waals surface area contributed by atoms with Gasteiger partial charge in [-0.2, -0.15) is 15.1 Å². The van der Waals surface area contributed by atoms with Gasteiger partial charge in [-0.1, -0.05) is 18.3 Å². The second-order valence-corrected chi connectivity index (χ2v) is 8.50. The van der Waals surface area contributed by atoms with Gasteiger partial charge in [0.1, 0.15) is 11.6 Å². The second kappa shape index (κ2) is 9.50. The smallest absolute Gasteiger partial charge is 0.324 e. The average molecular weight is 508 g/mol. The number of hydrogen-bond donors (Lipinski definition) is 1. The number of benzene rings is 1. The van der Waals surface area contributed by atoms with Crippen molar-refractivity contribution >= 4 is 39.1 Å². The molecule has 12 nitrogen and oxygen atoms in total. The van der Waals surface area contributed by atoms with Crippen LogP contribution in [0.2, 0.25) is 0 Å². The van der Waals surface area contributed by atoms with Gasteiger partial charge in [0.05, 0.1) is 33.7 Å². The van der Waals surface area contributed by atoms with Gasteiger partial charge < -0.3 is 10.1 Å². The van der Waals surface area contributed by atoms with E-state index in [-0.39, 0.29) is 21.6 Å². The molecule has 0 saturated carbocycles. The number of ether oxygens (including phenoxy) is 1. The lowest BCUT2D eigenvalue weighted by Crippen LogP contribution is -2.14. The molecule has 0 aliphatic heterocycles. The highest BCUT2D eigenvalue weighted by Gasteiger charge is 2.20. The van der Waals surface area contributed by atoms with Crippen molar-refractivity contribution < 1.29 is 18.8 Å². The Kier molecular flexibility index (Phi) is 6.08. The third-order valence-electron chi connectivity index (χ3n) is 4.94. The van der Waals surface area contributed by atoms with E-state index in [4.69, 9.17) is 4.74 Å². The number of halogens is 1. The molecule has 36 heavy (non-hydrogen) atoms. The van der Waals surface area contributed by atoms with Gasteiger partial charge in [0.25, 0.3) is 11.9 Å². The number of nitrogens with zero attached hydrogens (tertiary/aromatic N) is 7. The molecule has 1 N–H and O–H groups in total. The van der Waals surface area contributed by atoms with Crippen LogP contribution in [0.3, 0.4) is 0 Å². The van der Waals surface area contributed by atoms with E-state index in [1.54, 1.807) is 12.3 Å². The second-order valence-electron chi connectivity index (χ2n) is 7.44. The predicted molar refractivity (Wildman–Crippen MR) is 128 cm³/mol. The van der Waals surface area contributed by atoms with Crippen molar-refractivity contribution in [3.63, 3.8) is 0 Å². The molecular formula is C22H17FN8O4S. The van der Waals surface area contributed by atoms with Crippen molar-refractivity contribution in [2.24, 2.45) is 0 Å². The highest BCUT2D eigenvalue weighted by molar-refractivity contribution is 7.17. The lowest BCUT2D eigenvalue weighted by atomic mass is 10.3. The van der Waals surface area contributed by atoms with Gasteiger partial charge in [0.2, 0.25) is 5.88 Å². The number of nitro groups is 1. The monoisotopic (exact) mass is 508 g/mol. The van der Waals surface area contributed by atoms with Crippen LogP contribution in [0, 0.1) is 15.9 Å². The summed E-state index contributed by atoms with van der Waals surface area (Å²) in [7, 11) is 0. The van der Waals surface area contributed by atoms with Crippen LogP contribution in [0.5, 0.6) is 5.88 Å². The third-order valence-corrected chi connectivity index (χ3v) is 5.97. The summed E-state index contributed by atoms with van der Waals surface area (Å²) in [5, 5.41) is 22.6. The zero-order valence-electron chi connectivity index (χ0n) is 18.7. The number of rotatable bonds is 8. The molecule has 5 aromatic rings. The zero-order valence-corrected chi connectivity index (χ0v) is 19.5. The summed E-state index contributed by atoms with van der Waals surface area (Å²) in [5.41, 5.74) is 0.861. The summed E-state index contributed by atoms with van der Waals surface area (Å²) in [6, 6.07) is 9.95. The summed E-state index contributed by atoms with van der Waals surface area (Å²) >= 11 is 0.744. The summed E-state index contributed by atoms with van der Waals surface area (Å²) < 4.78 is 21.9. The fourth-order valence-electron chi connectivity index (χ4n) is 3.28. The standard InChI is InChI=1S/C22H17FN8O4S/c1-2-11-35-17-9-10-29(28-17)22-26-19(25-21(32)16-7-8-18(36-16)31(33)34)15-12-24-30(20(15)27-22)14-5-3-13(23)4-6-14/h3-10,12H,2,11H2,1H3,(H,25,26,27,32). The molecule has 0 fully saturated rings. The maximum atomic E-state index is 13.5. The number of fused-ring (bicyclic) bond motifs is 1. The van der Waals surface area contributed by atoms with Gasteiger partial charge in [-0.15, -0.1) is 5.10 Å². The van der Waals surface area contributed by atoms with Gasteiger partial charge >= 0.3 is 5.00 Å². The molecule has 1 amide bonds.